The molecule has 6 nitrogen and oxygen atoms in total. The summed E-state index contributed by atoms with van der Waals surface area (Å²) >= 11 is 1.48. The Labute approximate surface area is 167 Å². The maximum atomic E-state index is 13.2. The van der Waals surface area contributed by atoms with Gasteiger partial charge >= 0.3 is 0 Å². The number of halogens is 1. The second-order valence-electron chi connectivity index (χ2n) is 6.87. The lowest BCUT2D eigenvalue weighted by Crippen LogP contribution is -2.40. The third-order valence-corrected chi connectivity index (χ3v) is 6.20. The SMILES string of the molecule is CCC(Sc1ccc2nnc(-c3ccc(F)cc3)n2n1)C(=O)N1CCCCC1. The molecule has 146 valence electrons. The van der Waals surface area contributed by atoms with Crippen LogP contribution in [0.4, 0.5) is 4.39 Å². The molecule has 3 aromatic rings. The molecule has 0 N–H and O–H groups in total. The number of piperidine rings is 1. The zero-order valence-corrected chi connectivity index (χ0v) is 16.5. The Morgan fingerprint density at radius 2 is 1.86 bits per heavy atom. The van der Waals surface area contributed by atoms with Crippen LogP contribution in [0.1, 0.15) is 32.6 Å². The van der Waals surface area contributed by atoms with E-state index in [1.807, 2.05) is 24.0 Å². The number of fused-ring (bicyclic) bond motifs is 1. The number of hydrogen-bond donors (Lipinski definition) is 0. The summed E-state index contributed by atoms with van der Waals surface area (Å²) in [6.07, 6.45) is 4.11. The van der Waals surface area contributed by atoms with Crippen molar-refractivity contribution in [3.8, 4) is 11.4 Å². The lowest BCUT2D eigenvalue weighted by molar-refractivity contribution is -0.131. The van der Waals surface area contributed by atoms with Crippen molar-refractivity contribution >= 4 is 23.3 Å². The monoisotopic (exact) mass is 399 g/mol. The van der Waals surface area contributed by atoms with Gasteiger partial charge in [-0.15, -0.1) is 10.2 Å². The predicted molar refractivity (Wildman–Crippen MR) is 107 cm³/mol. The Kier molecular flexibility index (Phi) is 5.57. The fraction of sp³-hybridized carbons (Fsp3) is 0.400. The minimum atomic E-state index is -0.302. The molecule has 1 atom stereocenters. The molecule has 3 heterocycles. The molecule has 28 heavy (non-hydrogen) atoms. The van der Waals surface area contributed by atoms with Crippen LogP contribution >= 0.6 is 11.8 Å². The summed E-state index contributed by atoms with van der Waals surface area (Å²) in [6.45, 7) is 3.73. The zero-order chi connectivity index (χ0) is 19.5. The van der Waals surface area contributed by atoms with E-state index in [9.17, 15) is 9.18 Å². The molecule has 2 aromatic heterocycles. The van der Waals surface area contributed by atoms with E-state index in [2.05, 4.69) is 15.3 Å². The van der Waals surface area contributed by atoms with Crippen LogP contribution in [0, 0.1) is 5.82 Å². The van der Waals surface area contributed by atoms with Gasteiger partial charge in [0.2, 0.25) is 5.91 Å². The summed E-state index contributed by atoms with van der Waals surface area (Å²) in [7, 11) is 0. The number of likely N-dealkylation sites (tertiary alicyclic amines) is 1. The number of thioether (sulfide) groups is 1. The van der Waals surface area contributed by atoms with E-state index in [-0.39, 0.29) is 17.0 Å². The summed E-state index contributed by atoms with van der Waals surface area (Å²) in [4.78, 5) is 14.9. The second-order valence-corrected chi connectivity index (χ2v) is 8.10. The van der Waals surface area contributed by atoms with Gasteiger partial charge in [0.1, 0.15) is 10.8 Å². The quantitative estimate of drug-likeness (QED) is 0.611. The van der Waals surface area contributed by atoms with Crippen molar-refractivity contribution in [3.05, 3.63) is 42.2 Å². The molecule has 1 aliphatic rings. The van der Waals surface area contributed by atoms with Crippen molar-refractivity contribution in [1.29, 1.82) is 0 Å². The molecule has 1 aromatic carbocycles. The molecule has 1 saturated heterocycles. The normalized spacial score (nSPS) is 15.7. The highest BCUT2D eigenvalue weighted by molar-refractivity contribution is 8.00. The highest BCUT2D eigenvalue weighted by Crippen LogP contribution is 2.27. The van der Waals surface area contributed by atoms with Crippen LogP contribution in [0.5, 0.6) is 0 Å². The van der Waals surface area contributed by atoms with Crippen LogP contribution in [0.3, 0.4) is 0 Å². The Morgan fingerprint density at radius 3 is 2.57 bits per heavy atom. The molecule has 1 unspecified atom stereocenters. The third-order valence-electron chi connectivity index (χ3n) is 4.92. The van der Waals surface area contributed by atoms with Gasteiger partial charge in [-0.1, -0.05) is 18.7 Å². The fourth-order valence-corrected chi connectivity index (χ4v) is 4.37. The Hall–Kier alpha value is -2.48. The zero-order valence-electron chi connectivity index (χ0n) is 15.7. The van der Waals surface area contributed by atoms with Gasteiger partial charge in [0.05, 0.1) is 5.25 Å². The van der Waals surface area contributed by atoms with Gasteiger partial charge in [0, 0.05) is 18.7 Å². The summed E-state index contributed by atoms with van der Waals surface area (Å²) in [5, 5.41) is 13.6. The van der Waals surface area contributed by atoms with Gasteiger partial charge in [-0.25, -0.2) is 4.39 Å². The summed E-state index contributed by atoms with van der Waals surface area (Å²) in [5.74, 6) is 0.438. The summed E-state index contributed by atoms with van der Waals surface area (Å²) < 4.78 is 14.9. The minimum absolute atomic E-state index is 0.159. The molecule has 8 heteroatoms. The van der Waals surface area contributed by atoms with Gasteiger partial charge in [0.25, 0.3) is 0 Å². The molecular weight excluding hydrogens is 377 g/mol. The third kappa shape index (κ3) is 3.87. The molecule has 0 spiro atoms. The average molecular weight is 399 g/mol. The average Bonchev–Trinajstić information content (AvgIpc) is 3.16. The van der Waals surface area contributed by atoms with Crippen LogP contribution in [0.2, 0.25) is 0 Å². The molecule has 0 aliphatic carbocycles. The molecule has 0 radical (unpaired) electrons. The van der Waals surface area contributed by atoms with Gasteiger partial charge in [-0.2, -0.15) is 9.61 Å². The Bertz CT molecular complexity index is 968. The van der Waals surface area contributed by atoms with Crippen molar-refractivity contribution in [3.63, 3.8) is 0 Å². The van der Waals surface area contributed by atoms with Crippen LogP contribution in [-0.2, 0) is 4.79 Å². The maximum Gasteiger partial charge on any atom is 0.236 e. The number of carbonyl (C=O) groups is 1. The van der Waals surface area contributed by atoms with Gasteiger partial charge in [-0.3, -0.25) is 4.79 Å². The number of hydrogen-bond acceptors (Lipinski definition) is 5. The van der Waals surface area contributed by atoms with E-state index in [0.717, 1.165) is 42.9 Å². The minimum Gasteiger partial charge on any atom is -0.342 e. The molecule has 1 fully saturated rings. The smallest absolute Gasteiger partial charge is 0.236 e. The molecule has 0 saturated carbocycles. The Morgan fingerprint density at radius 1 is 1.11 bits per heavy atom. The van der Waals surface area contributed by atoms with Crippen LogP contribution in [-0.4, -0.2) is 49.0 Å². The first-order valence-corrected chi connectivity index (χ1v) is 10.5. The maximum absolute atomic E-state index is 13.2. The van der Waals surface area contributed by atoms with E-state index >= 15 is 0 Å². The number of aromatic nitrogens is 4. The van der Waals surface area contributed by atoms with Crippen molar-refractivity contribution in [1.82, 2.24) is 24.7 Å². The largest absolute Gasteiger partial charge is 0.342 e. The van der Waals surface area contributed by atoms with Crippen LogP contribution in [0.25, 0.3) is 17.0 Å². The first-order chi connectivity index (χ1) is 13.7. The first kappa shape index (κ1) is 18.9. The van der Waals surface area contributed by atoms with E-state index in [1.165, 1.54) is 30.3 Å². The predicted octanol–water partition coefficient (Wildman–Crippen LogP) is 3.81. The van der Waals surface area contributed by atoms with Gasteiger partial charge in [0.15, 0.2) is 11.5 Å². The van der Waals surface area contributed by atoms with Gasteiger partial charge < -0.3 is 4.90 Å². The molecule has 4 rings (SSSR count). The number of amides is 1. The van der Waals surface area contributed by atoms with E-state index in [1.54, 1.807) is 16.6 Å². The molecule has 1 aliphatic heterocycles. The van der Waals surface area contributed by atoms with Crippen LogP contribution < -0.4 is 0 Å². The molecular formula is C20H22FN5OS. The highest BCUT2D eigenvalue weighted by Gasteiger charge is 2.26. The molecule has 0 bridgehead atoms. The summed E-state index contributed by atoms with van der Waals surface area (Å²) in [6, 6.07) is 9.80. The molecule has 1 amide bonds. The number of nitrogens with zero attached hydrogens (tertiary/aromatic N) is 5. The topological polar surface area (TPSA) is 63.4 Å². The van der Waals surface area contributed by atoms with Crippen molar-refractivity contribution in [2.45, 2.75) is 42.9 Å². The van der Waals surface area contributed by atoms with E-state index in [4.69, 9.17) is 0 Å². The van der Waals surface area contributed by atoms with Crippen molar-refractivity contribution in [2.24, 2.45) is 0 Å². The number of rotatable bonds is 5. The fourth-order valence-electron chi connectivity index (χ4n) is 3.39. The van der Waals surface area contributed by atoms with Crippen molar-refractivity contribution < 1.29 is 9.18 Å². The standard InChI is InChI=1S/C20H22FN5OS/c1-2-16(20(27)25-12-4-3-5-13-25)28-18-11-10-17-22-23-19(26(17)24-18)14-6-8-15(21)9-7-14/h6-11,16H,2-5,12-13H2,1H3. The number of carbonyl (C=O) groups excluding carboxylic acids is 1. The van der Waals surface area contributed by atoms with Crippen molar-refractivity contribution in [2.75, 3.05) is 13.1 Å². The van der Waals surface area contributed by atoms with E-state index < -0.39 is 0 Å². The lowest BCUT2D eigenvalue weighted by atomic mass is 10.1. The van der Waals surface area contributed by atoms with Gasteiger partial charge in [-0.05, 0) is 62.1 Å². The lowest BCUT2D eigenvalue weighted by Gasteiger charge is -2.29. The Balaban J connectivity index is 1.59. The summed E-state index contributed by atoms with van der Waals surface area (Å²) in [5.41, 5.74) is 1.35. The van der Waals surface area contributed by atoms with E-state index in [0.29, 0.717) is 11.5 Å². The number of benzene rings is 1. The first-order valence-electron chi connectivity index (χ1n) is 9.59. The highest BCUT2D eigenvalue weighted by atomic mass is 32.2. The van der Waals surface area contributed by atoms with Crippen LogP contribution in [0.15, 0.2) is 41.4 Å². The second kappa shape index (κ2) is 8.26.